The molecule has 148 valence electrons. The lowest BCUT2D eigenvalue weighted by Crippen LogP contribution is -2.29. The number of benzene rings is 3. The van der Waals surface area contributed by atoms with E-state index in [0.29, 0.717) is 5.75 Å². The van der Waals surface area contributed by atoms with Crippen molar-refractivity contribution in [3.63, 3.8) is 0 Å². The summed E-state index contributed by atoms with van der Waals surface area (Å²) in [5.41, 5.74) is -0.0161. The van der Waals surface area contributed by atoms with Crippen LogP contribution in [0.4, 0.5) is 17.1 Å². The van der Waals surface area contributed by atoms with Crippen molar-refractivity contribution in [3.8, 4) is 11.5 Å². The van der Waals surface area contributed by atoms with Gasteiger partial charge in [-0.3, -0.25) is 29.8 Å². The summed E-state index contributed by atoms with van der Waals surface area (Å²) in [6, 6.07) is 14.9. The van der Waals surface area contributed by atoms with Crippen LogP contribution in [-0.2, 0) is 0 Å². The Morgan fingerprint density at radius 2 is 1.33 bits per heavy atom. The summed E-state index contributed by atoms with van der Waals surface area (Å²) in [5, 5.41) is 21.7. The van der Waals surface area contributed by atoms with Crippen LogP contribution in [0.3, 0.4) is 0 Å². The maximum atomic E-state index is 12.8. The van der Waals surface area contributed by atoms with Crippen molar-refractivity contribution in [3.05, 3.63) is 98.1 Å². The highest BCUT2D eigenvalue weighted by atomic mass is 16.6. The summed E-state index contributed by atoms with van der Waals surface area (Å²) < 4.78 is 5.62. The summed E-state index contributed by atoms with van der Waals surface area (Å²) in [6.45, 7) is 0. The SMILES string of the molecule is O=C1c2ccc(Oc3ccc([N+](=O)[O-])cc3)cc2C(=O)N1c1cccc([N+](=O)[O-])c1. The van der Waals surface area contributed by atoms with Gasteiger partial charge in [-0.05, 0) is 36.4 Å². The van der Waals surface area contributed by atoms with Crippen LogP contribution in [0.1, 0.15) is 20.7 Å². The Morgan fingerprint density at radius 1 is 0.700 bits per heavy atom. The number of hydrogen-bond acceptors (Lipinski definition) is 7. The van der Waals surface area contributed by atoms with E-state index in [-0.39, 0.29) is 33.9 Å². The lowest BCUT2D eigenvalue weighted by atomic mass is 10.1. The Kier molecular flexibility index (Phi) is 4.43. The molecule has 0 aromatic heterocycles. The molecule has 4 rings (SSSR count). The molecule has 0 bridgehead atoms. The molecule has 0 saturated heterocycles. The Bertz CT molecular complexity index is 1220. The van der Waals surface area contributed by atoms with Crippen LogP contribution in [0.5, 0.6) is 11.5 Å². The van der Waals surface area contributed by atoms with Crippen molar-refractivity contribution in [2.45, 2.75) is 0 Å². The van der Waals surface area contributed by atoms with Gasteiger partial charge in [0.1, 0.15) is 11.5 Å². The van der Waals surface area contributed by atoms with E-state index >= 15 is 0 Å². The number of fused-ring (bicyclic) bond motifs is 1. The Hall–Kier alpha value is -4.60. The highest BCUT2D eigenvalue weighted by Crippen LogP contribution is 2.33. The zero-order chi connectivity index (χ0) is 21.4. The normalized spacial score (nSPS) is 12.6. The van der Waals surface area contributed by atoms with Crippen molar-refractivity contribution in [2.75, 3.05) is 4.90 Å². The van der Waals surface area contributed by atoms with E-state index in [2.05, 4.69) is 0 Å². The summed E-state index contributed by atoms with van der Waals surface area (Å²) in [7, 11) is 0. The molecule has 0 atom stereocenters. The van der Waals surface area contributed by atoms with E-state index in [9.17, 15) is 29.8 Å². The van der Waals surface area contributed by atoms with Gasteiger partial charge in [0.25, 0.3) is 23.2 Å². The van der Waals surface area contributed by atoms with Gasteiger partial charge in [0.05, 0.1) is 26.7 Å². The van der Waals surface area contributed by atoms with Crippen LogP contribution >= 0.6 is 0 Å². The largest absolute Gasteiger partial charge is 0.457 e. The number of rotatable bonds is 5. The number of nitro benzene ring substituents is 2. The van der Waals surface area contributed by atoms with E-state index in [4.69, 9.17) is 4.74 Å². The minimum Gasteiger partial charge on any atom is -0.457 e. The molecule has 1 heterocycles. The van der Waals surface area contributed by atoms with E-state index < -0.39 is 21.7 Å². The van der Waals surface area contributed by atoms with E-state index in [0.717, 1.165) is 11.0 Å². The first kappa shape index (κ1) is 18.7. The number of carbonyl (C=O) groups is 2. The predicted molar refractivity (Wildman–Crippen MR) is 104 cm³/mol. The van der Waals surface area contributed by atoms with Crippen LogP contribution in [0, 0.1) is 20.2 Å². The number of carbonyl (C=O) groups excluding carboxylic acids is 2. The fourth-order valence-corrected chi connectivity index (χ4v) is 3.04. The van der Waals surface area contributed by atoms with Crippen LogP contribution in [0.2, 0.25) is 0 Å². The molecule has 0 unspecified atom stereocenters. The fourth-order valence-electron chi connectivity index (χ4n) is 3.04. The molecular formula is C20H11N3O7. The Morgan fingerprint density at radius 3 is 2.00 bits per heavy atom. The van der Waals surface area contributed by atoms with Crippen LogP contribution in [-0.4, -0.2) is 21.7 Å². The lowest BCUT2D eigenvalue weighted by Gasteiger charge is -2.13. The monoisotopic (exact) mass is 405 g/mol. The minimum atomic E-state index is -0.635. The average Bonchev–Trinajstić information content (AvgIpc) is 2.98. The van der Waals surface area contributed by atoms with Gasteiger partial charge in [0.2, 0.25) is 0 Å². The number of nitro groups is 2. The van der Waals surface area contributed by atoms with E-state index in [1.54, 1.807) is 0 Å². The summed E-state index contributed by atoms with van der Waals surface area (Å²) in [6.07, 6.45) is 0. The van der Waals surface area contributed by atoms with Gasteiger partial charge in [0, 0.05) is 24.3 Å². The van der Waals surface area contributed by atoms with Crippen molar-refractivity contribution >= 4 is 28.9 Å². The second-order valence-corrected chi connectivity index (χ2v) is 6.28. The van der Waals surface area contributed by atoms with E-state index in [1.165, 1.54) is 60.7 Å². The third kappa shape index (κ3) is 3.22. The second kappa shape index (κ2) is 7.09. The molecule has 3 aromatic rings. The second-order valence-electron chi connectivity index (χ2n) is 6.28. The topological polar surface area (TPSA) is 133 Å². The molecular weight excluding hydrogens is 394 g/mol. The molecule has 0 fully saturated rings. The number of anilines is 1. The fraction of sp³-hybridized carbons (Fsp3) is 0. The summed E-state index contributed by atoms with van der Waals surface area (Å²) in [4.78, 5) is 46.9. The van der Waals surface area contributed by atoms with Gasteiger partial charge in [0.15, 0.2) is 0 Å². The molecule has 0 N–H and O–H groups in total. The molecule has 3 aromatic carbocycles. The third-order valence-corrected chi connectivity index (χ3v) is 4.44. The molecule has 0 radical (unpaired) electrons. The number of hydrogen-bond donors (Lipinski definition) is 0. The molecule has 10 nitrogen and oxygen atoms in total. The standard InChI is InChI=1S/C20H11N3O7/c24-19-17-9-8-16(30-15-6-4-12(5-7-15)22(26)27)11-18(17)20(25)21(19)13-2-1-3-14(10-13)23(28)29/h1-11H. The first-order valence-electron chi connectivity index (χ1n) is 8.55. The maximum Gasteiger partial charge on any atom is 0.271 e. The van der Waals surface area contributed by atoms with Crippen LogP contribution in [0.25, 0.3) is 0 Å². The zero-order valence-electron chi connectivity index (χ0n) is 15.1. The van der Waals surface area contributed by atoms with Gasteiger partial charge in [-0.25, -0.2) is 4.90 Å². The van der Waals surface area contributed by atoms with E-state index in [1.807, 2.05) is 0 Å². The third-order valence-electron chi connectivity index (χ3n) is 4.44. The highest BCUT2D eigenvalue weighted by Gasteiger charge is 2.37. The number of amides is 2. The van der Waals surface area contributed by atoms with Crippen LogP contribution in [0.15, 0.2) is 66.7 Å². The van der Waals surface area contributed by atoms with Gasteiger partial charge < -0.3 is 4.74 Å². The minimum absolute atomic E-state index is 0.0888. The van der Waals surface area contributed by atoms with Crippen molar-refractivity contribution < 1.29 is 24.2 Å². The number of nitrogens with zero attached hydrogens (tertiary/aromatic N) is 3. The van der Waals surface area contributed by atoms with Crippen molar-refractivity contribution in [1.82, 2.24) is 0 Å². The van der Waals surface area contributed by atoms with Gasteiger partial charge in [-0.1, -0.05) is 6.07 Å². The van der Waals surface area contributed by atoms with Crippen molar-refractivity contribution in [2.24, 2.45) is 0 Å². The molecule has 2 amide bonds. The first-order valence-corrected chi connectivity index (χ1v) is 8.55. The Labute approximate surface area is 168 Å². The molecule has 0 spiro atoms. The highest BCUT2D eigenvalue weighted by molar-refractivity contribution is 6.34. The Balaban J connectivity index is 1.63. The number of ether oxygens (including phenoxy) is 1. The molecule has 1 aliphatic heterocycles. The summed E-state index contributed by atoms with van der Waals surface area (Å²) >= 11 is 0. The van der Waals surface area contributed by atoms with Gasteiger partial charge in [-0.2, -0.15) is 0 Å². The molecule has 1 aliphatic rings. The molecule has 30 heavy (non-hydrogen) atoms. The summed E-state index contributed by atoms with van der Waals surface area (Å²) in [5.74, 6) is -0.667. The lowest BCUT2D eigenvalue weighted by molar-refractivity contribution is -0.385. The average molecular weight is 405 g/mol. The van der Waals surface area contributed by atoms with Gasteiger partial charge >= 0.3 is 0 Å². The first-order chi connectivity index (χ1) is 14.3. The molecule has 0 saturated carbocycles. The van der Waals surface area contributed by atoms with Gasteiger partial charge in [-0.15, -0.1) is 0 Å². The maximum absolute atomic E-state index is 12.8. The zero-order valence-corrected chi connectivity index (χ0v) is 15.1. The predicted octanol–water partition coefficient (Wildman–Crippen LogP) is 4.10. The van der Waals surface area contributed by atoms with Crippen LogP contribution < -0.4 is 9.64 Å². The smallest absolute Gasteiger partial charge is 0.271 e. The molecule has 10 heteroatoms. The van der Waals surface area contributed by atoms with Crippen molar-refractivity contribution in [1.29, 1.82) is 0 Å². The number of imide groups is 1. The molecule has 0 aliphatic carbocycles. The quantitative estimate of drug-likeness (QED) is 0.354. The number of non-ortho nitro benzene ring substituents is 2.